The van der Waals surface area contributed by atoms with Gasteiger partial charge in [0, 0.05) is 12.2 Å². The molecule has 0 aromatic heterocycles. The normalized spacial score (nSPS) is 18.6. The fraction of sp³-hybridized carbons (Fsp3) is 0.182. The van der Waals surface area contributed by atoms with Crippen LogP contribution in [0.5, 0.6) is 0 Å². The maximum absolute atomic E-state index is 11.3. The number of hydrogen-bond acceptors (Lipinski definition) is 3. The van der Waals surface area contributed by atoms with E-state index in [1.807, 2.05) is 24.3 Å². The van der Waals surface area contributed by atoms with Gasteiger partial charge in [0.05, 0.1) is 5.69 Å². The molecule has 0 spiro atoms. The molecule has 1 aliphatic heterocycles. The average molecular weight is 251 g/mol. The average Bonchev–Trinajstić information content (AvgIpc) is 2.28. The number of amidine groups is 1. The Balaban J connectivity index is 2.42. The molecule has 0 bridgehead atoms. The van der Waals surface area contributed by atoms with E-state index < -0.39 is 11.2 Å². The lowest BCUT2D eigenvalue weighted by atomic mass is 10.0. The van der Waals surface area contributed by atoms with Crippen LogP contribution in [0.4, 0.5) is 5.69 Å². The summed E-state index contributed by atoms with van der Waals surface area (Å²) in [5.74, 6) is 0.265. The summed E-state index contributed by atoms with van der Waals surface area (Å²) in [4.78, 5) is 0. The van der Waals surface area contributed by atoms with Crippen LogP contribution in [0, 0.1) is 0 Å². The molecule has 1 aliphatic rings. The van der Waals surface area contributed by atoms with Gasteiger partial charge in [-0.25, -0.2) is 4.21 Å². The minimum Gasteiger partial charge on any atom is -0.396 e. The molecule has 0 saturated carbocycles. The Hall–Kier alpha value is -1.66. The van der Waals surface area contributed by atoms with Gasteiger partial charge < -0.3 is 10.8 Å². The van der Waals surface area contributed by atoms with Crippen molar-refractivity contribution in [3.63, 3.8) is 0 Å². The van der Waals surface area contributed by atoms with E-state index in [9.17, 15) is 4.21 Å². The SMILES string of the molecule is NC1=NS(=O)Nc2cccc(/C=C/CCO)c21. The van der Waals surface area contributed by atoms with Gasteiger partial charge in [-0.1, -0.05) is 24.3 Å². The second-order valence-corrected chi connectivity index (χ2v) is 4.40. The number of aliphatic hydroxyl groups excluding tert-OH is 1. The van der Waals surface area contributed by atoms with Crippen molar-refractivity contribution in [1.82, 2.24) is 0 Å². The van der Waals surface area contributed by atoms with Gasteiger partial charge in [0.1, 0.15) is 5.84 Å². The van der Waals surface area contributed by atoms with Gasteiger partial charge in [-0.2, -0.15) is 4.40 Å². The Labute approximate surface area is 102 Å². The Bertz CT molecular complexity index is 511. The van der Waals surface area contributed by atoms with Crippen LogP contribution in [-0.2, 0) is 11.2 Å². The lowest BCUT2D eigenvalue weighted by Crippen LogP contribution is -2.24. The van der Waals surface area contributed by atoms with Gasteiger partial charge in [-0.3, -0.25) is 4.72 Å². The van der Waals surface area contributed by atoms with Crippen molar-refractivity contribution in [2.75, 3.05) is 11.3 Å². The first-order valence-corrected chi connectivity index (χ1v) is 6.26. The zero-order valence-corrected chi connectivity index (χ0v) is 9.91. The summed E-state index contributed by atoms with van der Waals surface area (Å²) in [5.41, 5.74) is 8.13. The molecule has 0 amide bonds. The third kappa shape index (κ3) is 2.54. The van der Waals surface area contributed by atoms with E-state index >= 15 is 0 Å². The predicted molar refractivity (Wildman–Crippen MR) is 69.7 cm³/mol. The predicted octanol–water partition coefficient (Wildman–Crippen LogP) is 0.792. The highest BCUT2D eigenvalue weighted by atomic mass is 32.2. The van der Waals surface area contributed by atoms with Crippen molar-refractivity contribution < 1.29 is 9.32 Å². The van der Waals surface area contributed by atoms with Crippen molar-refractivity contribution in [3.8, 4) is 0 Å². The molecule has 1 heterocycles. The molecule has 0 saturated heterocycles. The van der Waals surface area contributed by atoms with Crippen molar-refractivity contribution in [3.05, 3.63) is 35.4 Å². The molecule has 0 radical (unpaired) electrons. The summed E-state index contributed by atoms with van der Waals surface area (Å²) in [7, 11) is 0. The number of nitrogens with one attached hydrogen (secondary N) is 1. The third-order valence-electron chi connectivity index (χ3n) is 2.32. The Morgan fingerprint density at radius 3 is 3.12 bits per heavy atom. The second kappa shape index (κ2) is 5.11. The fourth-order valence-corrected chi connectivity index (χ4v) is 2.29. The van der Waals surface area contributed by atoms with Gasteiger partial charge in [-0.15, -0.1) is 0 Å². The van der Waals surface area contributed by atoms with E-state index in [2.05, 4.69) is 9.12 Å². The summed E-state index contributed by atoms with van der Waals surface area (Å²) < 4.78 is 17.8. The quantitative estimate of drug-likeness (QED) is 0.742. The largest absolute Gasteiger partial charge is 0.396 e. The maximum Gasteiger partial charge on any atom is 0.244 e. The highest BCUT2D eigenvalue weighted by Crippen LogP contribution is 2.25. The van der Waals surface area contributed by atoms with E-state index in [4.69, 9.17) is 10.8 Å². The number of nitrogens with two attached hydrogens (primary N) is 1. The number of anilines is 1. The second-order valence-electron chi connectivity index (χ2n) is 3.51. The molecule has 0 fully saturated rings. The summed E-state index contributed by atoms with van der Waals surface area (Å²) in [5, 5.41) is 8.72. The molecule has 17 heavy (non-hydrogen) atoms. The highest BCUT2D eigenvalue weighted by molar-refractivity contribution is 7.85. The maximum atomic E-state index is 11.3. The molecule has 2 rings (SSSR count). The first-order chi connectivity index (χ1) is 8.22. The molecule has 5 nitrogen and oxygen atoms in total. The van der Waals surface area contributed by atoms with Gasteiger partial charge in [0.2, 0.25) is 11.2 Å². The van der Waals surface area contributed by atoms with Crippen LogP contribution in [0.25, 0.3) is 6.08 Å². The van der Waals surface area contributed by atoms with E-state index in [0.717, 1.165) is 11.1 Å². The number of rotatable bonds is 3. The zero-order chi connectivity index (χ0) is 12.3. The summed E-state index contributed by atoms with van der Waals surface area (Å²) in [6, 6.07) is 5.55. The molecule has 1 aromatic rings. The molecule has 6 heteroatoms. The van der Waals surface area contributed by atoms with Gasteiger partial charge >= 0.3 is 0 Å². The van der Waals surface area contributed by atoms with Gasteiger partial charge in [0.15, 0.2) is 0 Å². The zero-order valence-electron chi connectivity index (χ0n) is 9.09. The molecular weight excluding hydrogens is 238 g/mol. The van der Waals surface area contributed by atoms with Gasteiger partial charge in [0.25, 0.3) is 0 Å². The van der Waals surface area contributed by atoms with Crippen LogP contribution in [0.2, 0.25) is 0 Å². The minimum absolute atomic E-state index is 0.108. The van der Waals surface area contributed by atoms with Crippen molar-refractivity contribution in [2.45, 2.75) is 6.42 Å². The van der Waals surface area contributed by atoms with Crippen LogP contribution < -0.4 is 10.5 Å². The van der Waals surface area contributed by atoms with E-state index in [1.165, 1.54) is 0 Å². The lowest BCUT2D eigenvalue weighted by Gasteiger charge is -2.16. The molecule has 90 valence electrons. The van der Waals surface area contributed by atoms with Crippen molar-refractivity contribution >= 4 is 28.8 Å². The monoisotopic (exact) mass is 251 g/mol. The fourth-order valence-electron chi connectivity index (χ4n) is 1.62. The molecule has 1 aromatic carbocycles. The molecule has 1 atom stereocenters. The lowest BCUT2D eigenvalue weighted by molar-refractivity contribution is 0.303. The topological polar surface area (TPSA) is 87.7 Å². The van der Waals surface area contributed by atoms with Crippen LogP contribution in [0.1, 0.15) is 17.5 Å². The highest BCUT2D eigenvalue weighted by Gasteiger charge is 2.17. The van der Waals surface area contributed by atoms with Crippen LogP contribution >= 0.6 is 0 Å². The minimum atomic E-state index is -1.50. The Morgan fingerprint density at radius 1 is 1.53 bits per heavy atom. The van der Waals surface area contributed by atoms with Crippen LogP contribution in [0.3, 0.4) is 0 Å². The Morgan fingerprint density at radius 2 is 2.35 bits per heavy atom. The standard InChI is InChI=1S/C11H13N3O2S/c12-11-10-8(4-1-2-7-15)5-3-6-9(10)13-17(16)14-11/h1,3-6,13,15H,2,7H2,(H2,12,14)/b4-1+. The van der Waals surface area contributed by atoms with E-state index in [-0.39, 0.29) is 12.4 Å². The van der Waals surface area contributed by atoms with Crippen LogP contribution in [0.15, 0.2) is 28.7 Å². The van der Waals surface area contributed by atoms with E-state index in [1.54, 1.807) is 6.07 Å². The molecular formula is C11H13N3O2S. The summed E-state index contributed by atoms with van der Waals surface area (Å²) >= 11 is -1.50. The number of hydrogen-bond donors (Lipinski definition) is 3. The molecule has 4 N–H and O–H groups in total. The number of nitrogens with zero attached hydrogens (tertiary/aromatic N) is 1. The van der Waals surface area contributed by atoms with E-state index in [0.29, 0.717) is 12.1 Å². The third-order valence-corrected chi connectivity index (χ3v) is 3.08. The molecule has 1 unspecified atom stereocenters. The number of fused-ring (bicyclic) bond motifs is 1. The summed E-state index contributed by atoms with van der Waals surface area (Å²) in [6.45, 7) is 0.108. The first kappa shape index (κ1) is 11.8. The molecule has 0 aliphatic carbocycles. The van der Waals surface area contributed by atoms with Crippen molar-refractivity contribution in [1.29, 1.82) is 0 Å². The first-order valence-electron chi connectivity index (χ1n) is 5.16. The smallest absolute Gasteiger partial charge is 0.244 e. The number of aliphatic hydroxyl groups is 1. The Kier molecular flexibility index (Phi) is 3.55. The number of benzene rings is 1. The summed E-state index contributed by atoms with van der Waals surface area (Å²) in [6.07, 6.45) is 4.31. The van der Waals surface area contributed by atoms with Gasteiger partial charge in [-0.05, 0) is 18.1 Å². The van der Waals surface area contributed by atoms with Crippen LogP contribution in [-0.4, -0.2) is 21.8 Å². The van der Waals surface area contributed by atoms with Crippen molar-refractivity contribution in [2.24, 2.45) is 10.1 Å².